The lowest BCUT2D eigenvalue weighted by atomic mass is 10.1. The highest BCUT2D eigenvalue weighted by Gasteiger charge is 2.12. The van der Waals surface area contributed by atoms with Crippen LogP contribution in [-0.4, -0.2) is 5.91 Å². The molecule has 98 valence electrons. The first kappa shape index (κ1) is 13.1. The van der Waals surface area contributed by atoms with Gasteiger partial charge in [0.15, 0.2) is 0 Å². The molecule has 0 heterocycles. The van der Waals surface area contributed by atoms with Crippen LogP contribution in [0.3, 0.4) is 0 Å². The standard InChI is InChI=1S/C14H10F3NO/c1-8-3-2-4-12(13(8)17)18-14(19)9-5-10(15)7-11(16)6-9/h2-7H,1H3,(H,18,19). The Bertz CT molecular complexity index is 620. The Balaban J connectivity index is 2.28. The zero-order valence-corrected chi connectivity index (χ0v) is 10.0. The van der Waals surface area contributed by atoms with Gasteiger partial charge < -0.3 is 5.32 Å². The SMILES string of the molecule is Cc1cccc(NC(=O)c2cc(F)cc(F)c2)c1F. The average Bonchev–Trinajstić information content (AvgIpc) is 2.33. The van der Waals surface area contributed by atoms with Gasteiger partial charge in [-0.2, -0.15) is 0 Å². The van der Waals surface area contributed by atoms with Gasteiger partial charge in [-0.3, -0.25) is 4.79 Å². The minimum Gasteiger partial charge on any atom is -0.319 e. The Hall–Kier alpha value is -2.30. The normalized spacial score (nSPS) is 10.3. The summed E-state index contributed by atoms with van der Waals surface area (Å²) >= 11 is 0. The summed E-state index contributed by atoms with van der Waals surface area (Å²) in [7, 11) is 0. The van der Waals surface area contributed by atoms with Crippen LogP contribution in [0.15, 0.2) is 36.4 Å². The number of halogens is 3. The number of anilines is 1. The molecule has 1 amide bonds. The second-order valence-corrected chi connectivity index (χ2v) is 4.05. The van der Waals surface area contributed by atoms with E-state index in [0.29, 0.717) is 11.6 Å². The first-order chi connectivity index (χ1) is 8.97. The van der Waals surface area contributed by atoms with Crippen LogP contribution in [0, 0.1) is 24.4 Å². The highest BCUT2D eigenvalue weighted by molar-refractivity contribution is 6.04. The molecule has 0 unspecified atom stereocenters. The van der Waals surface area contributed by atoms with Gasteiger partial charge in [0.25, 0.3) is 5.91 Å². The molecule has 0 aliphatic carbocycles. The van der Waals surface area contributed by atoms with Crippen molar-refractivity contribution < 1.29 is 18.0 Å². The molecule has 2 aromatic rings. The summed E-state index contributed by atoms with van der Waals surface area (Å²) in [6.07, 6.45) is 0. The molecule has 0 aliphatic heterocycles. The van der Waals surface area contributed by atoms with E-state index in [9.17, 15) is 18.0 Å². The van der Waals surface area contributed by atoms with Crippen LogP contribution >= 0.6 is 0 Å². The maximum atomic E-state index is 13.7. The predicted molar refractivity (Wildman–Crippen MR) is 65.4 cm³/mol. The van der Waals surface area contributed by atoms with Gasteiger partial charge in [0.05, 0.1) is 5.69 Å². The number of rotatable bonds is 2. The fourth-order valence-electron chi connectivity index (χ4n) is 1.62. The van der Waals surface area contributed by atoms with Gasteiger partial charge in [0.2, 0.25) is 0 Å². The monoisotopic (exact) mass is 265 g/mol. The van der Waals surface area contributed by atoms with Crippen LogP contribution in [0.5, 0.6) is 0 Å². The minimum absolute atomic E-state index is 0.0327. The molecule has 0 aromatic heterocycles. The molecule has 5 heteroatoms. The molecular formula is C14H10F3NO. The van der Waals surface area contributed by atoms with Gasteiger partial charge in [0, 0.05) is 11.6 Å². The fraction of sp³-hybridized carbons (Fsp3) is 0.0714. The van der Waals surface area contributed by atoms with Crippen molar-refractivity contribution in [3.8, 4) is 0 Å². The van der Waals surface area contributed by atoms with E-state index < -0.39 is 23.4 Å². The lowest BCUT2D eigenvalue weighted by Gasteiger charge is -2.08. The van der Waals surface area contributed by atoms with Crippen molar-refractivity contribution in [2.45, 2.75) is 6.92 Å². The summed E-state index contributed by atoms with van der Waals surface area (Å²) in [5.74, 6) is -3.08. The van der Waals surface area contributed by atoms with Crippen molar-refractivity contribution >= 4 is 11.6 Å². The van der Waals surface area contributed by atoms with Crippen LogP contribution in [0.1, 0.15) is 15.9 Å². The summed E-state index contributed by atoms with van der Waals surface area (Å²) in [5, 5.41) is 2.27. The van der Waals surface area contributed by atoms with Gasteiger partial charge in [-0.25, -0.2) is 13.2 Å². The maximum absolute atomic E-state index is 13.7. The first-order valence-electron chi connectivity index (χ1n) is 5.50. The van der Waals surface area contributed by atoms with Gasteiger partial charge in [-0.05, 0) is 30.7 Å². The molecule has 0 bridgehead atoms. The molecule has 1 N–H and O–H groups in total. The largest absolute Gasteiger partial charge is 0.319 e. The lowest BCUT2D eigenvalue weighted by molar-refractivity contribution is 0.102. The molecule has 0 radical (unpaired) electrons. The summed E-state index contributed by atoms with van der Waals surface area (Å²) in [6.45, 7) is 1.55. The molecule has 19 heavy (non-hydrogen) atoms. The van der Waals surface area contributed by atoms with Crippen LogP contribution in [-0.2, 0) is 0 Å². The topological polar surface area (TPSA) is 29.1 Å². The molecule has 0 saturated carbocycles. The third-order valence-electron chi connectivity index (χ3n) is 2.56. The van der Waals surface area contributed by atoms with Crippen molar-refractivity contribution in [3.05, 3.63) is 65.0 Å². The number of carbonyl (C=O) groups is 1. The Morgan fingerprint density at radius 3 is 2.32 bits per heavy atom. The quantitative estimate of drug-likeness (QED) is 0.882. The summed E-state index contributed by atoms with van der Waals surface area (Å²) in [6, 6.07) is 6.91. The Labute approximate surface area is 107 Å². The summed E-state index contributed by atoms with van der Waals surface area (Å²) in [4.78, 5) is 11.8. The molecule has 0 atom stereocenters. The molecule has 2 rings (SSSR count). The number of carbonyl (C=O) groups excluding carboxylic acids is 1. The summed E-state index contributed by atoms with van der Waals surface area (Å²) in [5.41, 5.74) is 0.122. The van der Waals surface area contributed by atoms with Gasteiger partial charge >= 0.3 is 0 Å². The van der Waals surface area contributed by atoms with Crippen molar-refractivity contribution in [3.63, 3.8) is 0 Å². The van der Waals surface area contributed by atoms with Crippen molar-refractivity contribution in [2.24, 2.45) is 0 Å². The molecule has 0 fully saturated rings. The molecule has 0 spiro atoms. The van der Waals surface area contributed by atoms with E-state index in [4.69, 9.17) is 0 Å². The number of aryl methyl sites for hydroxylation is 1. The lowest BCUT2D eigenvalue weighted by Crippen LogP contribution is -2.14. The van der Waals surface area contributed by atoms with E-state index in [-0.39, 0.29) is 11.3 Å². The van der Waals surface area contributed by atoms with Crippen molar-refractivity contribution in [1.82, 2.24) is 0 Å². The van der Waals surface area contributed by atoms with Crippen molar-refractivity contribution in [1.29, 1.82) is 0 Å². The Kier molecular flexibility index (Phi) is 3.55. The van der Waals surface area contributed by atoms with Gasteiger partial charge in [-0.15, -0.1) is 0 Å². The third-order valence-corrected chi connectivity index (χ3v) is 2.56. The molecule has 0 saturated heterocycles. The third kappa shape index (κ3) is 2.93. The smallest absolute Gasteiger partial charge is 0.255 e. The number of amides is 1. The molecule has 2 nitrogen and oxygen atoms in total. The number of hydrogen-bond acceptors (Lipinski definition) is 1. The maximum Gasteiger partial charge on any atom is 0.255 e. The Morgan fingerprint density at radius 2 is 1.68 bits per heavy atom. The van der Waals surface area contributed by atoms with E-state index >= 15 is 0 Å². The highest BCUT2D eigenvalue weighted by atomic mass is 19.1. The van der Waals surface area contributed by atoms with Gasteiger partial charge in [-0.1, -0.05) is 12.1 Å². The highest BCUT2D eigenvalue weighted by Crippen LogP contribution is 2.18. The van der Waals surface area contributed by atoms with E-state index in [1.807, 2.05) is 0 Å². The minimum atomic E-state index is -0.866. The molecule has 0 aliphatic rings. The molecule has 2 aromatic carbocycles. The van der Waals surface area contributed by atoms with Crippen LogP contribution in [0.4, 0.5) is 18.9 Å². The fourth-order valence-corrected chi connectivity index (χ4v) is 1.62. The second-order valence-electron chi connectivity index (χ2n) is 4.05. The molecular weight excluding hydrogens is 255 g/mol. The van der Waals surface area contributed by atoms with Crippen LogP contribution < -0.4 is 5.32 Å². The van der Waals surface area contributed by atoms with Gasteiger partial charge in [0.1, 0.15) is 17.5 Å². The van der Waals surface area contributed by atoms with E-state index in [1.165, 1.54) is 6.07 Å². The van der Waals surface area contributed by atoms with Crippen LogP contribution in [0.2, 0.25) is 0 Å². The van der Waals surface area contributed by atoms with Crippen LogP contribution in [0.25, 0.3) is 0 Å². The zero-order chi connectivity index (χ0) is 14.0. The zero-order valence-electron chi connectivity index (χ0n) is 10.0. The van der Waals surface area contributed by atoms with E-state index in [1.54, 1.807) is 19.1 Å². The average molecular weight is 265 g/mol. The first-order valence-corrected chi connectivity index (χ1v) is 5.50. The number of benzene rings is 2. The van der Waals surface area contributed by atoms with E-state index in [2.05, 4.69) is 5.32 Å². The Morgan fingerprint density at radius 1 is 1.05 bits per heavy atom. The summed E-state index contributed by atoms with van der Waals surface area (Å²) < 4.78 is 39.6. The predicted octanol–water partition coefficient (Wildman–Crippen LogP) is 3.66. The number of hydrogen-bond donors (Lipinski definition) is 1. The van der Waals surface area contributed by atoms with E-state index in [0.717, 1.165) is 12.1 Å². The van der Waals surface area contributed by atoms with Crippen molar-refractivity contribution in [2.75, 3.05) is 5.32 Å². The second kappa shape index (κ2) is 5.14. The number of nitrogens with one attached hydrogen (secondary N) is 1.